The van der Waals surface area contributed by atoms with Gasteiger partial charge in [0.2, 0.25) is 5.91 Å². The SMILES string of the molecule is O=C(NCCN(Cc1ccccc1)C(=O)O)C1CCN(c2c(Cl)cncc2Cl)CC1. The first-order valence-electron chi connectivity index (χ1n) is 9.79. The maximum Gasteiger partial charge on any atom is 0.407 e. The molecule has 0 atom stereocenters. The number of hydrogen-bond donors (Lipinski definition) is 2. The molecule has 30 heavy (non-hydrogen) atoms. The van der Waals surface area contributed by atoms with Crippen LogP contribution in [0.5, 0.6) is 0 Å². The minimum absolute atomic E-state index is 0.0494. The number of benzene rings is 1. The molecule has 2 aromatic rings. The molecule has 1 saturated heterocycles. The largest absolute Gasteiger partial charge is 0.465 e. The van der Waals surface area contributed by atoms with E-state index in [9.17, 15) is 14.7 Å². The summed E-state index contributed by atoms with van der Waals surface area (Å²) in [6.07, 6.45) is 3.46. The van der Waals surface area contributed by atoms with E-state index >= 15 is 0 Å². The Kier molecular flexibility index (Phi) is 7.76. The first-order chi connectivity index (χ1) is 14.5. The molecule has 3 rings (SSSR count). The molecule has 7 nitrogen and oxygen atoms in total. The van der Waals surface area contributed by atoms with Crippen molar-refractivity contribution in [3.05, 3.63) is 58.3 Å². The summed E-state index contributed by atoms with van der Waals surface area (Å²) in [4.78, 5) is 31.4. The van der Waals surface area contributed by atoms with E-state index < -0.39 is 6.09 Å². The van der Waals surface area contributed by atoms with Crippen LogP contribution in [-0.2, 0) is 11.3 Å². The van der Waals surface area contributed by atoms with Gasteiger partial charge in [-0.3, -0.25) is 9.78 Å². The Morgan fingerprint density at radius 2 is 1.77 bits per heavy atom. The quantitative estimate of drug-likeness (QED) is 0.667. The van der Waals surface area contributed by atoms with Gasteiger partial charge in [0.05, 0.1) is 15.7 Å². The van der Waals surface area contributed by atoms with Gasteiger partial charge >= 0.3 is 6.09 Å². The number of pyridine rings is 1. The molecule has 0 unspecified atom stereocenters. The number of hydrogen-bond acceptors (Lipinski definition) is 4. The summed E-state index contributed by atoms with van der Waals surface area (Å²) in [7, 11) is 0. The second kappa shape index (κ2) is 10.5. The fourth-order valence-electron chi connectivity index (χ4n) is 3.58. The van der Waals surface area contributed by atoms with Gasteiger partial charge in [-0.2, -0.15) is 0 Å². The fraction of sp³-hybridized carbons (Fsp3) is 0.381. The summed E-state index contributed by atoms with van der Waals surface area (Å²) in [5, 5.41) is 13.3. The lowest BCUT2D eigenvalue weighted by atomic mass is 9.95. The van der Waals surface area contributed by atoms with Crippen LogP contribution in [0.15, 0.2) is 42.7 Å². The number of carbonyl (C=O) groups is 2. The maximum absolute atomic E-state index is 12.5. The average Bonchev–Trinajstić information content (AvgIpc) is 2.74. The number of rotatable bonds is 7. The third-order valence-corrected chi connectivity index (χ3v) is 5.73. The molecule has 1 aliphatic rings. The second-order valence-electron chi connectivity index (χ2n) is 7.19. The van der Waals surface area contributed by atoms with Crippen LogP contribution in [0.4, 0.5) is 10.5 Å². The van der Waals surface area contributed by atoms with E-state index in [4.69, 9.17) is 23.2 Å². The Labute approximate surface area is 185 Å². The predicted molar refractivity (Wildman–Crippen MR) is 117 cm³/mol. The standard InChI is InChI=1S/C21H24Cl2N4O3/c22-17-12-24-13-18(23)19(17)26-9-6-16(7-10-26)20(28)25-8-11-27(21(29)30)14-15-4-2-1-3-5-15/h1-5,12-13,16H,6-11,14H2,(H,25,28)(H,29,30). The van der Waals surface area contributed by atoms with Gasteiger partial charge in [-0.25, -0.2) is 4.79 Å². The predicted octanol–water partition coefficient (Wildman–Crippen LogP) is 3.90. The van der Waals surface area contributed by atoms with Crippen LogP contribution in [0, 0.1) is 5.92 Å². The van der Waals surface area contributed by atoms with E-state index in [-0.39, 0.29) is 31.5 Å². The van der Waals surface area contributed by atoms with Gasteiger partial charge in [0.15, 0.2) is 0 Å². The van der Waals surface area contributed by atoms with Crippen molar-refractivity contribution in [1.29, 1.82) is 0 Å². The Balaban J connectivity index is 1.46. The number of nitrogens with one attached hydrogen (secondary N) is 1. The molecule has 2 amide bonds. The number of anilines is 1. The third kappa shape index (κ3) is 5.77. The summed E-state index contributed by atoms with van der Waals surface area (Å²) in [6, 6.07) is 9.38. The Bertz CT molecular complexity index is 854. The van der Waals surface area contributed by atoms with Crippen molar-refractivity contribution in [3.8, 4) is 0 Å². The normalized spacial score (nSPS) is 14.4. The highest BCUT2D eigenvalue weighted by Crippen LogP contribution is 2.35. The number of carbonyl (C=O) groups excluding carboxylic acids is 1. The number of carboxylic acid groups (broad SMARTS) is 1. The van der Waals surface area contributed by atoms with Crippen LogP contribution >= 0.6 is 23.2 Å². The first kappa shape index (κ1) is 22.2. The van der Waals surface area contributed by atoms with Crippen molar-refractivity contribution in [2.24, 2.45) is 5.92 Å². The zero-order chi connectivity index (χ0) is 21.5. The molecule has 9 heteroatoms. The van der Waals surface area contributed by atoms with Gasteiger partial charge in [0.1, 0.15) is 0 Å². The average molecular weight is 451 g/mol. The van der Waals surface area contributed by atoms with E-state index in [0.29, 0.717) is 36.0 Å². The number of piperidine rings is 1. The Hall–Kier alpha value is -2.51. The van der Waals surface area contributed by atoms with Gasteiger partial charge in [-0.15, -0.1) is 0 Å². The van der Waals surface area contributed by atoms with Crippen molar-refractivity contribution in [1.82, 2.24) is 15.2 Å². The van der Waals surface area contributed by atoms with E-state index in [1.165, 1.54) is 4.90 Å². The van der Waals surface area contributed by atoms with E-state index in [1.54, 1.807) is 12.4 Å². The lowest BCUT2D eigenvalue weighted by Gasteiger charge is -2.34. The molecule has 0 aliphatic carbocycles. The highest BCUT2D eigenvalue weighted by atomic mass is 35.5. The van der Waals surface area contributed by atoms with Crippen LogP contribution in [0.25, 0.3) is 0 Å². The van der Waals surface area contributed by atoms with E-state index in [1.807, 2.05) is 30.3 Å². The summed E-state index contributed by atoms with van der Waals surface area (Å²) in [5.74, 6) is -0.167. The van der Waals surface area contributed by atoms with Crippen molar-refractivity contribution >= 4 is 40.9 Å². The van der Waals surface area contributed by atoms with E-state index in [0.717, 1.165) is 11.3 Å². The zero-order valence-electron chi connectivity index (χ0n) is 16.4. The molecule has 2 heterocycles. The second-order valence-corrected chi connectivity index (χ2v) is 8.01. The zero-order valence-corrected chi connectivity index (χ0v) is 17.9. The van der Waals surface area contributed by atoms with Crippen LogP contribution in [-0.4, -0.2) is 53.2 Å². The first-order valence-corrected chi connectivity index (χ1v) is 10.5. The molecule has 0 spiro atoms. The van der Waals surface area contributed by atoms with Gasteiger partial charge in [-0.1, -0.05) is 53.5 Å². The van der Waals surface area contributed by atoms with E-state index in [2.05, 4.69) is 15.2 Å². The van der Waals surface area contributed by atoms with Gasteiger partial charge in [0.25, 0.3) is 0 Å². The topological polar surface area (TPSA) is 85.8 Å². The molecule has 0 bridgehead atoms. The monoisotopic (exact) mass is 450 g/mol. The van der Waals surface area contributed by atoms with Crippen LogP contribution in [0.2, 0.25) is 10.0 Å². The Morgan fingerprint density at radius 3 is 2.37 bits per heavy atom. The number of amides is 2. The summed E-state index contributed by atoms with van der Waals surface area (Å²) < 4.78 is 0. The van der Waals surface area contributed by atoms with Crippen molar-refractivity contribution in [2.45, 2.75) is 19.4 Å². The van der Waals surface area contributed by atoms with Crippen LogP contribution < -0.4 is 10.2 Å². The lowest BCUT2D eigenvalue weighted by Crippen LogP contribution is -2.43. The fourth-order valence-corrected chi connectivity index (χ4v) is 4.18. The number of aromatic nitrogens is 1. The molecular formula is C21H24Cl2N4O3. The molecule has 0 saturated carbocycles. The van der Waals surface area contributed by atoms with Crippen molar-refractivity contribution < 1.29 is 14.7 Å². The molecule has 1 aromatic heterocycles. The van der Waals surface area contributed by atoms with Gasteiger partial charge < -0.3 is 20.2 Å². The lowest BCUT2D eigenvalue weighted by molar-refractivity contribution is -0.125. The van der Waals surface area contributed by atoms with Crippen molar-refractivity contribution in [3.63, 3.8) is 0 Å². The van der Waals surface area contributed by atoms with Crippen LogP contribution in [0.3, 0.4) is 0 Å². The van der Waals surface area contributed by atoms with Crippen molar-refractivity contribution in [2.75, 3.05) is 31.1 Å². The van der Waals surface area contributed by atoms with Gasteiger partial charge in [-0.05, 0) is 18.4 Å². The smallest absolute Gasteiger partial charge is 0.407 e. The number of nitrogens with zero attached hydrogens (tertiary/aromatic N) is 3. The molecule has 0 radical (unpaired) electrons. The highest BCUT2D eigenvalue weighted by molar-refractivity contribution is 6.38. The van der Waals surface area contributed by atoms with Crippen LogP contribution in [0.1, 0.15) is 18.4 Å². The summed E-state index contributed by atoms with van der Waals surface area (Å²) in [6.45, 7) is 2.13. The minimum atomic E-state index is -1.01. The third-order valence-electron chi connectivity index (χ3n) is 5.18. The minimum Gasteiger partial charge on any atom is -0.465 e. The summed E-state index contributed by atoms with van der Waals surface area (Å²) >= 11 is 12.4. The molecule has 1 fully saturated rings. The van der Waals surface area contributed by atoms with Gasteiger partial charge in [0, 0.05) is 51.0 Å². The molecule has 2 N–H and O–H groups in total. The maximum atomic E-state index is 12.5. The molecular weight excluding hydrogens is 427 g/mol. The Morgan fingerprint density at radius 1 is 1.13 bits per heavy atom. The molecule has 160 valence electrons. The number of halogens is 2. The molecule has 1 aromatic carbocycles. The summed E-state index contributed by atoms with van der Waals surface area (Å²) in [5.41, 5.74) is 1.66. The molecule has 1 aliphatic heterocycles. The highest BCUT2D eigenvalue weighted by Gasteiger charge is 2.27.